The van der Waals surface area contributed by atoms with E-state index in [1.54, 1.807) is 12.3 Å². The van der Waals surface area contributed by atoms with Gasteiger partial charge in [-0.05, 0) is 44.0 Å². The maximum Gasteiger partial charge on any atom is 0.192 e. The lowest BCUT2D eigenvalue weighted by Crippen LogP contribution is -2.33. The maximum absolute atomic E-state index is 11.3. The average Bonchev–Trinajstić information content (AvgIpc) is 2.37. The zero-order valence-electron chi connectivity index (χ0n) is 10.5. The van der Waals surface area contributed by atoms with Gasteiger partial charge >= 0.3 is 0 Å². The fourth-order valence-corrected chi connectivity index (χ4v) is 2.62. The van der Waals surface area contributed by atoms with Crippen molar-refractivity contribution in [1.82, 2.24) is 10.3 Å². The molecule has 2 N–H and O–H groups in total. The molecule has 0 aliphatic carbocycles. The van der Waals surface area contributed by atoms with Gasteiger partial charge in [0, 0.05) is 12.8 Å². The van der Waals surface area contributed by atoms with Crippen molar-refractivity contribution in [2.24, 2.45) is 5.92 Å². The number of pyridine rings is 1. The maximum atomic E-state index is 11.3. The Morgan fingerprint density at radius 2 is 2.33 bits per heavy atom. The first-order chi connectivity index (χ1) is 8.55. The van der Waals surface area contributed by atoms with Gasteiger partial charge in [0.25, 0.3) is 0 Å². The molecule has 1 unspecified atom stereocenters. The first-order valence-corrected chi connectivity index (χ1v) is 8.05. The molecule has 1 aliphatic rings. The van der Waals surface area contributed by atoms with E-state index < -0.39 is 9.84 Å². The molecule has 1 fully saturated rings. The van der Waals surface area contributed by atoms with Crippen LogP contribution in [0.15, 0.2) is 23.4 Å². The molecule has 1 aliphatic heterocycles. The molecule has 6 heteroatoms. The van der Waals surface area contributed by atoms with Crippen LogP contribution < -0.4 is 10.6 Å². The van der Waals surface area contributed by atoms with Gasteiger partial charge in [0.2, 0.25) is 0 Å². The summed E-state index contributed by atoms with van der Waals surface area (Å²) in [6.45, 7) is 3.05. The summed E-state index contributed by atoms with van der Waals surface area (Å²) < 4.78 is 22.5. The summed E-state index contributed by atoms with van der Waals surface area (Å²) in [5, 5.41) is 6.78. The summed E-state index contributed by atoms with van der Waals surface area (Å²) in [6, 6.07) is 3.30. The third-order valence-corrected chi connectivity index (χ3v) is 4.11. The van der Waals surface area contributed by atoms with Crippen molar-refractivity contribution in [3.05, 3.63) is 18.3 Å². The van der Waals surface area contributed by atoms with Crippen molar-refractivity contribution in [3.8, 4) is 0 Å². The SMILES string of the molecule is CS(=O)(=O)c1ccc(NCC2CCCNC2)cn1. The molecular formula is C12H19N3O2S. The lowest BCUT2D eigenvalue weighted by atomic mass is 10.00. The predicted octanol–water partition coefficient (Wildman–Crippen LogP) is 0.897. The Bertz CT molecular complexity index is 479. The van der Waals surface area contributed by atoms with Crippen LogP contribution in [0, 0.1) is 5.92 Å². The Morgan fingerprint density at radius 1 is 1.50 bits per heavy atom. The molecule has 2 heterocycles. The zero-order valence-corrected chi connectivity index (χ0v) is 11.3. The highest BCUT2D eigenvalue weighted by molar-refractivity contribution is 7.90. The van der Waals surface area contributed by atoms with E-state index in [1.165, 1.54) is 18.9 Å². The number of aromatic nitrogens is 1. The number of anilines is 1. The van der Waals surface area contributed by atoms with E-state index >= 15 is 0 Å². The van der Waals surface area contributed by atoms with Gasteiger partial charge < -0.3 is 10.6 Å². The Labute approximate surface area is 108 Å². The summed E-state index contributed by atoms with van der Waals surface area (Å²) in [4.78, 5) is 3.95. The summed E-state index contributed by atoms with van der Waals surface area (Å²) >= 11 is 0. The van der Waals surface area contributed by atoms with E-state index in [-0.39, 0.29) is 5.03 Å². The topological polar surface area (TPSA) is 71.1 Å². The molecule has 1 aromatic rings. The molecule has 0 saturated carbocycles. The Kier molecular flexibility index (Phi) is 4.19. The first-order valence-electron chi connectivity index (χ1n) is 6.16. The second kappa shape index (κ2) is 5.67. The van der Waals surface area contributed by atoms with E-state index in [2.05, 4.69) is 15.6 Å². The highest BCUT2D eigenvalue weighted by Crippen LogP contribution is 2.13. The second-order valence-electron chi connectivity index (χ2n) is 4.75. The molecule has 0 aromatic carbocycles. The number of sulfone groups is 1. The van der Waals surface area contributed by atoms with Crippen LogP contribution >= 0.6 is 0 Å². The largest absolute Gasteiger partial charge is 0.383 e. The van der Waals surface area contributed by atoms with Crippen LogP contribution in [-0.2, 0) is 9.84 Å². The van der Waals surface area contributed by atoms with Gasteiger partial charge in [0.1, 0.15) is 0 Å². The first kappa shape index (κ1) is 13.3. The van der Waals surface area contributed by atoms with Crippen LogP contribution in [0.5, 0.6) is 0 Å². The lowest BCUT2D eigenvalue weighted by Gasteiger charge is -2.23. The minimum absolute atomic E-state index is 0.118. The molecule has 0 radical (unpaired) electrons. The van der Waals surface area contributed by atoms with E-state index in [0.717, 1.165) is 31.6 Å². The van der Waals surface area contributed by atoms with Crippen LogP contribution in [0.3, 0.4) is 0 Å². The Balaban J connectivity index is 1.90. The number of hydrogen-bond donors (Lipinski definition) is 2. The van der Waals surface area contributed by atoms with Crippen molar-refractivity contribution in [3.63, 3.8) is 0 Å². The molecule has 0 amide bonds. The van der Waals surface area contributed by atoms with Crippen molar-refractivity contribution < 1.29 is 8.42 Å². The van der Waals surface area contributed by atoms with Gasteiger partial charge in [-0.25, -0.2) is 13.4 Å². The highest BCUT2D eigenvalue weighted by atomic mass is 32.2. The molecule has 1 aromatic heterocycles. The second-order valence-corrected chi connectivity index (χ2v) is 6.71. The molecule has 1 atom stereocenters. The lowest BCUT2D eigenvalue weighted by molar-refractivity contribution is 0.393. The minimum Gasteiger partial charge on any atom is -0.383 e. The molecule has 2 rings (SSSR count). The van der Waals surface area contributed by atoms with Crippen LogP contribution in [0.1, 0.15) is 12.8 Å². The Hall–Kier alpha value is -1.14. The van der Waals surface area contributed by atoms with E-state index in [1.807, 2.05) is 0 Å². The van der Waals surface area contributed by atoms with Crippen molar-refractivity contribution in [2.75, 3.05) is 31.2 Å². The zero-order chi connectivity index (χ0) is 13.0. The number of nitrogens with one attached hydrogen (secondary N) is 2. The van der Waals surface area contributed by atoms with Gasteiger partial charge in [-0.3, -0.25) is 0 Å². The van der Waals surface area contributed by atoms with Gasteiger partial charge in [0.05, 0.1) is 11.9 Å². The molecular weight excluding hydrogens is 250 g/mol. The van der Waals surface area contributed by atoms with E-state index in [9.17, 15) is 8.42 Å². The normalized spacial score (nSPS) is 20.6. The van der Waals surface area contributed by atoms with Gasteiger partial charge in [-0.15, -0.1) is 0 Å². The number of hydrogen-bond acceptors (Lipinski definition) is 5. The summed E-state index contributed by atoms with van der Waals surface area (Å²) in [5.41, 5.74) is 0.868. The van der Waals surface area contributed by atoms with Crippen molar-refractivity contribution in [1.29, 1.82) is 0 Å². The summed E-state index contributed by atoms with van der Waals surface area (Å²) in [7, 11) is -3.20. The monoisotopic (exact) mass is 269 g/mol. The summed E-state index contributed by atoms with van der Waals surface area (Å²) in [5.74, 6) is 0.633. The number of piperidine rings is 1. The fraction of sp³-hybridized carbons (Fsp3) is 0.583. The fourth-order valence-electron chi connectivity index (χ4n) is 2.06. The van der Waals surface area contributed by atoms with Crippen LogP contribution in [0.2, 0.25) is 0 Å². The standard InChI is InChI=1S/C12H19N3O2S/c1-18(16,17)12-5-4-11(9-15-12)14-8-10-3-2-6-13-7-10/h4-5,9-10,13-14H,2-3,6-8H2,1H3. The molecule has 5 nitrogen and oxygen atoms in total. The minimum atomic E-state index is -3.20. The molecule has 100 valence electrons. The van der Waals surface area contributed by atoms with Crippen LogP contribution in [0.25, 0.3) is 0 Å². The van der Waals surface area contributed by atoms with E-state index in [0.29, 0.717) is 5.92 Å². The number of rotatable bonds is 4. The third kappa shape index (κ3) is 3.68. The molecule has 0 bridgehead atoms. The highest BCUT2D eigenvalue weighted by Gasteiger charge is 2.13. The quantitative estimate of drug-likeness (QED) is 0.849. The molecule has 0 spiro atoms. The van der Waals surface area contributed by atoms with Crippen LogP contribution in [-0.4, -0.2) is 39.3 Å². The van der Waals surface area contributed by atoms with Gasteiger partial charge in [-0.1, -0.05) is 0 Å². The third-order valence-electron chi connectivity index (χ3n) is 3.11. The molecule has 18 heavy (non-hydrogen) atoms. The van der Waals surface area contributed by atoms with Crippen molar-refractivity contribution in [2.45, 2.75) is 17.9 Å². The average molecular weight is 269 g/mol. The molecule has 1 saturated heterocycles. The van der Waals surface area contributed by atoms with E-state index in [4.69, 9.17) is 0 Å². The smallest absolute Gasteiger partial charge is 0.192 e. The predicted molar refractivity (Wildman–Crippen MR) is 71.4 cm³/mol. The van der Waals surface area contributed by atoms with Crippen LogP contribution in [0.4, 0.5) is 5.69 Å². The number of nitrogens with zero attached hydrogens (tertiary/aromatic N) is 1. The van der Waals surface area contributed by atoms with Crippen molar-refractivity contribution >= 4 is 15.5 Å². The van der Waals surface area contributed by atoms with Gasteiger partial charge in [-0.2, -0.15) is 0 Å². The summed E-state index contributed by atoms with van der Waals surface area (Å²) in [6.07, 6.45) is 5.19. The van der Waals surface area contributed by atoms with Gasteiger partial charge in [0.15, 0.2) is 14.9 Å². The Morgan fingerprint density at radius 3 is 2.89 bits per heavy atom.